The van der Waals surface area contributed by atoms with Gasteiger partial charge in [-0.1, -0.05) is 12.1 Å². The minimum atomic E-state index is -0.574. The molecule has 4 aliphatic heterocycles. The van der Waals surface area contributed by atoms with Crippen molar-refractivity contribution in [2.75, 3.05) is 26.2 Å². The third-order valence-corrected chi connectivity index (χ3v) is 6.91. The summed E-state index contributed by atoms with van der Waals surface area (Å²) < 4.78 is 5.99. The molecule has 8 nitrogen and oxygen atoms in total. The van der Waals surface area contributed by atoms with Gasteiger partial charge in [0.15, 0.2) is 0 Å². The molecule has 1 aromatic carbocycles. The van der Waals surface area contributed by atoms with Gasteiger partial charge in [-0.2, -0.15) is 0 Å². The number of hydrogen-bond acceptors (Lipinski definition) is 6. The lowest BCUT2D eigenvalue weighted by Crippen LogP contribution is -2.52. The Balaban J connectivity index is 1.29. The van der Waals surface area contributed by atoms with Gasteiger partial charge in [-0.15, -0.1) is 0 Å². The number of fused-ring (bicyclic) bond motifs is 2. The molecule has 0 radical (unpaired) electrons. The third-order valence-electron chi connectivity index (χ3n) is 6.91. The highest BCUT2D eigenvalue weighted by Crippen LogP contribution is 2.39. The van der Waals surface area contributed by atoms with E-state index < -0.39 is 6.04 Å². The average molecular weight is 398 g/mol. The minimum Gasteiger partial charge on any atom is -0.372 e. The first-order chi connectivity index (χ1) is 14.0. The minimum absolute atomic E-state index is 0.132. The molecule has 3 saturated heterocycles. The Morgan fingerprint density at radius 2 is 2.10 bits per heavy atom. The molecule has 3 N–H and O–H groups in total. The summed E-state index contributed by atoms with van der Waals surface area (Å²) in [6.45, 7) is 4.37. The number of nitrogens with zero attached hydrogens (tertiary/aromatic N) is 2. The Hall–Kier alpha value is -2.29. The van der Waals surface area contributed by atoms with Crippen molar-refractivity contribution >= 4 is 17.7 Å². The normalized spacial score (nSPS) is 31.9. The van der Waals surface area contributed by atoms with Gasteiger partial charge in [0.2, 0.25) is 11.8 Å². The van der Waals surface area contributed by atoms with Crippen LogP contribution in [0.4, 0.5) is 0 Å². The third kappa shape index (κ3) is 3.06. The largest absolute Gasteiger partial charge is 0.372 e. The van der Waals surface area contributed by atoms with Crippen LogP contribution in [0.25, 0.3) is 0 Å². The number of imide groups is 1. The monoisotopic (exact) mass is 398 g/mol. The van der Waals surface area contributed by atoms with Gasteiger partial charge in [-0.05, 0) is 30.0 Å². The number of ether oxygens (including phenoxy) is 1. The smallest absolute Gasteiger partial charge is 0.255 e. The lowest BCUT2D eigenvalue weighted by molar-refractivity contribution is -0.136. The first kappa shape index (κ1) is 18.7. The van der Waals surface area contributed by atoms with E-state index in [1.807, 2.05) is 12.1 Å². The zero-order valence-electron chi connectivity index (χ0n) is 16.4. The number of carbonyl (C=O) groups is 3. The molecular formula is C21H26N4O4. The van der Waals surface area contributed by atoms with E-state index in [1.54, 1.807) is 4.90 Å². The predicted octanol–water partition coefficient (Wildman–Crippen LogP) is -0.00280. The van der Waals surface area contributed by atoms with E-state index in [0.29, 0.717) is 31.0 Å². The van der Waals surface area contributed by atoms with Crippen LogP contribution >= 0.6 is 0 Å². The second-order valence-electron chi connectivity index (χ2n) is 8.66. The highest BCUT2D eigenvalue weighted by molar-refractivity contribution is 6.05. The highest BCUT2D eigenvalue weighted by atomic mass is 16.5. The van der Waals surface area contributed by atoms with Crippen LogP contribution < -0.4 is 11.1 Å². The van der Waals surface area contributed by atoms with Gasteiger partial charge in [-0.3, -0.25) is 24.6 Å². The van der Waals surface area contributed by atoms with Gasteiger partial charge >= 0.3 is 0 Å². The molecule has 5 rings (SSSR count). The summed E-state index contributed by atoms with van der Waals surface area (Å²) >= 11 is 0. The standard InChI is InChI=1S/C21H26N4O4/c22-11-21-12-24(10-15(21)5-6-29-21)8-13-1-2-16-14(7-13)9-25(20(16)28)17-3-4-18(26)23-19(17)27/h1-2,7,15,17H,3-6,8-12,22H2,(H,23,26,27)/t15-,17?,21+/m1/s1. The van der Waals surface area contributed by atoms with Gasteiger partial charge in [0.05, 0.1) is 5.60 Å². The van der Waals surface area contributed by atoms with Crippen molar-refractivity contribution in [2.45, 2.75) is 44.0 Å². The van der Waals surface area contributed by atoms with Crippen LogP contribution in [0.2, 0.25) is 0 Å². The van der Waals surface area contributed by atoms with E-state index >= 15 is 0 Å². The Labute approximate surface area is 169 Å². The van der Waals surface area contributed by atoms with Crippen molar-refractivity contribution < 1.29 is 19.1 Å². The fourth-order valence-corrected chi connectivity index (χ4v) is 5.37. The van der Waals surface area contributed by atoms with Crippen LogP contribution in [0.3, 0.4) is 0 Å². The summed E-state index contributed by atoms with van der Waals surface area (Å²) in [4.78, 5) is 40.4. The van der Waals surface area contributed by atoms with Gasteiger partial charge in [-0.25, -0.2) is 0 Å². The molecule has 8 heteroatoms. The van der Waals surface area contributed by atoms with E-state index in [9.17, 15) is 14.4 Å². The SMILES string of the molecule is NC[C@]12CN(Cc3ccc4c(c3)CN(C3CCC(=O)NC3=O)C4=O)C[C@H]1CCO2. The Kier molecular flexibility index (Phi) is 4.45. The summed E-state index contributed by atoms with van der Waals surface area (Å²) in [6.07, 6.45) is 1.71. The summed E-state index contributed by atoms with van der Waals surface area (Å²) in [5.74, 6) is -0.288. The first-order valence-electron chi connectivity index (χ1n) is 10.3. The van der Waals surface area contributed by atoms with E-state index in [2.05, 4.69) is 16.3 Å². The van der Waals surface area contributed by atoms with Crippen LogP contribution in [0.1, 0.15) is 40.7 Å². The van der Waals surface area contributed by atoms with Crippen LogP contribution in [0, 0.1) is 5.92 Å². The maximum atomic E-state index is 12.8. The number of nitrogens with one attached hydrogen (secondary N) is 1. The molecular weight excluding hydrogens is 372 g/mol. The topological polar surface area (TPSA) is 105 Å². The molecule has 0 bridgehead atoms. The maximum absolute atomic E-state index is 12.8. The van der Waals surface area contributed by atoms with Crippen molar-refractivity contribution in [3.8, 4) is 0 Å². The molecule has 1 unspecified atom stereocenters. The lowest BCUT2D eigenvalue weighted by atomic mass is 9.91. The summed E-state index contributed by atoms with van der Waals surface area (Å²) in [5.41, 5.74) is 8.56. The summed E-state index contributed by atoms with van der Waals surface area (Å²) in [6, 6.07) is 5.36. The molecule has 29 heavy (non-hydrogen) atoms. The quantitative estimate of drug-likeness (QED) is 0.692. The van der Waals surface area contributed by atoms with Crippen LogP contribution in [-0.4, -0.2) is 65.4 Å². The van der Waals surface area contributed by atoms with Crippen molar-refractivity contribution in [1.82, 2.24) is 15.1 Å². The molecule has 0 saturated carbocycles. The maximum Gasteiger partial charge on any atom is 0.255 e. The molecule has 3 amide bonds. The molecule has 4 aliphatic rings. The van der Waals surface area contributed by atoms with Crippen molar-refractivity contribution in [1.29, 1.82) is 0 Å². The number of hydrogen-bond donors (Lipinski definition) is 2. The Morgan fingerprint density at radius 3 is 2.86 bits per heavy atom. The molecule has 154 valence electrons. The molecule has 3 fully saturated rings. The lowest BCUT2D eigenvalue weighted by Gasteiger charge is -2.29. The first-order valence-corrected chi connectivity index (χ1v) is 10.3. The zero-order valence-corrected chi connectivity index (χ0v) is 16.4. The van der Waals surface area contributed by atoms with Crippen molar-refractivity contribution in [3.63, 3.8) is 0 Å². The average Bonchev–Trinajstić information content (AvgIpc) is 3.33. The zero-order chi connectivity index (χ0) is 20.2. The van der Waals surface area contributed by atoms with Crippen LogP contribution in [0.15, 0.2) is 18.2 Å². The Bertz CT molecular complexity index is 887. The van der Waals surface area contributed by atoms with Crippen LogP contribution in [-0.2, 0) is 27.4 Å². The molecule has 1 aromatic rings. The molecule has 4 heterocycles. The molecule has 0 aromatic heterocycles. The molecule has 0 aliphatic carbocycles. The number of piperidine rings is 1. The predicted molar refractivity (Wildman–Crippen MR) is 104 cm³/mol. The fraction of sp³-hybridized carbons (Fsp3) is 0.571. The van der Waals surface area contributed by atoms with E-state index in [1.165, 1.54) is 0 Å². The van der Waals surface area contributed by atoms with Gasteiger partial charge < -0.3 is 15.4 Å². The fourth-order valence-electron chi connectivity index (χ4n) is 5.37. The van der Waals surface area contributed by atoms with Gasteiger partial charge in [0.1, 0.15) is 6.04 Å². The van der Waals surface area contributed by atoms with E-state index in [4.69, 9.17) is 10.5 Å². The number of rotatable bonds is 4. The van der Waals surface area contributed by atoms with Gasteiger partial charge in [0.25, 0.3) is 5.91 Å². The van der Waals surface area contributed by atoms with Gasteiger partial charge in [0, 0.05) is 57.2 Å². The Morgan fingerprint density at radius 1 is 1.24 bits per heavy atom. The number of nitrogens with two attached hydrogens (primary N) is 1. The highest BCUT2D eigenvalue weighted by Gasteiger charge is 2.50. The molecule has 3 atom stereocenters. The van der Waals surface area contributed by atoms with Crippen molar-refractivity contribution in [3.05, 3.63) is 34.9 Å². The van der Waals surface area contributed by atoms with E-state index in [-0.39, 0.29) is 29.7 Å². The summed E-state index contributed by atoms with van der Waals surface area (Å²) in [5, 5.41) is 2.34. The van der Waals surface area contributed by atoms with Crippen LogP contribution in [0.5, 0.6) is 0 Å². The second-order valence-corrected chi connectivity index (χ2v) is 8.66. The number of carbonyl (C=O) groups excluding carboxylic acids is 3. The van der Waals surface area contributed by atoms with Crippen molar-refractivity contribution in [2.24, 2.45) is 11.7 Å². The number of amides is 3. The van der Waals surface area contributed by atoms with E-state index in [0.717, 1.165) is 43.8 Å². The molecule has 0 spiro atoms. The summed E-state index contributed by atoms with van der Waals surface area (Å²) in [7, 11) is 0. The second kappa shape index (κ2) is 6.90. The number of benzene rings is 1. The number of likely N-dealkylation sites (tertiary alicyclic amines) is 1.